The first-order valence-corrected chi connectivity index (χ1v) is 9.30. The Hall–Kier alpha value is -3.81. The standard InChI is InChI=1S/C22H25N3O5/c1-3-6-15-9-10-18(19(13-15)29-2)30-14-21(27)25-17-8-5-4-7-16(17)22(28)24-12-11-20(23)26/h3-5,7-10,13H,1,6,11-12,14H2,2H3,(H2,23,26)(H,24,28)(H,25,27). The number of nitrogens with one attached hydrogen (secondary N) is 2. The van der Waals surface area contributed by atoms with Crippen molar-refractivity contribution in [2.24, 2.45) is 5.73 Å². The van der Waals surface area contributed by atoms with E-state index in [1.165, 1.54) is 7.11 Å². The van der Waals surface area contributed by atoms with E-state index in [2.05, 4.69) is 17.2 Å². The summed E-state index contributed by atoms with van der Waals surface area (Å²) in [6, 6.07) is 11.9. The molecule has 0 saturated heterocycles. The average Bonchev–Trinajstić information content (AvgIpc) is 2.73. The molecule has 2 aromatic carbocycles. The summed E-state index contributed by atoms with van der Waals surface area (Å²) in [4.78, 5) is 35.5. The summed E-state index contributed by atoms with van der Waals surface area (Å²) in [6.07, 6.45) is 2.50. The molecular formula is C22H25N3O5. The molecule has 0 unspecified atom stereocenters. The number of hydrogen-bond donors (Lipinski definition) is 3. The smallest absolute Gasteiger partial charge is 0.262 e. The van der Waals surface area contributed by atoms with Crippen molar-refractivity contribution >= 4 is 23.4 Å². The highest BCUT2D eigenvalue weighted by molar-refractivity contribution is 6.04. The van der Waals surface area contributed by atoms with Crippen LogP contribution in [0.1, 0.15) is 22.3 Å². The minimum absolute atomic E-state index is 0.0293. The number of anilines is 1. The van der Waals surface area contributed by atoms with Crippen molar-refractivity contribution in [3.8, 4) is 11.5 Å². The Labute approximate surface area is 175 Å². The lowest BCUT2D eigenvalue weighted by atomic mass is 10.1. The molecule has 0 aliphatic rings. The van der Waals surface area contributed by atoms with Crippen molar-refractivity contribution in [1.82, 2.24) is 5.32 Å². The SMILES string of the molecule is C=CCc1ccc(OCC(=O)Nc2ccccc2C(=O)NCCC(N)=O)c(OC)c1. The van der Waals surface area contributed by atoms with Crippen LogP contribution in [0, 0.1) is 0 Å². The van der Waals surface area contributed by atoms with Gasteiger partial charge in [-0.3, -0.25) is 14.4 Å². The Morgan fingerprint density at radius 1 is 1.13 bits per heavy atom. The van der Waals surface area contributed by atoms with Crippen LogP contribution < -0.4 is 25.8 Å². The molecule has 0 spiro atoms. The molecule has 30 heavy (non-hydrogen) atoms. The van der Waals surface area contributed by atoms with E-state index >= 15 is 0 Å². The zero-order valence-electron chi connectivity index (χ0n) is 16.8. The second kappa shape index (κ2) is 11.3. The predicted octanol–water partition coefficient (Wildman–Crippen LogP) is 2.05. The van der Waals surface area contributed by atoms with Crippen LogP contribution >= 0.6 is 0 Å². The number of primary amides is 1. The molecule has 2 rings (SSSR count). The van der Waals surface area contributed by atoms with Crippen LogP contribution in [0.2, 0.25) is 0 Å². The highest BCUT2D eigenvalue weighted by Crippen LogP contribution is 2.28. The van der Waals surface area contributed by atoms with Crippen molar-refractivity contribution < 1.29 is 23.9 Å². The quantitative estimate of drug-likeness (QED) is 0.489. The summed E-state index contributed by atoms with van der Waals surface area (Å²) in [6.45, 7) is 3.55. The molecule has 2 aromatic rings. The van der Waals surface area contributed by atoms with Gasteiger partial charge >= 0.3 is 0 Å². The zero-order chi connectivity index (χ0) is 21.9. The van der Waals surface area contributed by atoms with Gasteiger partial charge in [0.25, 0.3) is 11.8 Å². The van der Waals surface area contributed by atoms with Crippen LogP contribution in [-0.2, 0) is 16.0 Å². The third-order valence-corrected chi connectivity index (χ3v) is 4.07. The molecule has 0 aliphatic carbocycles. The maximum atomic E-state index is 12.3. The molecule has 0 fully saturated rings. The Kier molecular flexibility index (Phi) is 8.43. The molecule has 0 heterocycles. The number of ether oxygens (including phenoxy) is 2. The number of methoxy groups -OCH3 is 1. The summed E-state index contributed by atoms with van der Waals surface area (Å²) >= 11 is 0. The van der Waals surface area contributed by atoms with Crippen LogP contribution in [0.4, 0.5) is 5.69 Å². The molecule has 0 aromatic heterocycles. The predicted molar refractivity (Wildman–Crippen MR) is 114 cm³/mol. The molecular weight excluding hydrogens is 386 g/mol. The highest BCUT2D eigenvalue weighted by atomic mass is 16.5. The van der Waals surface area contributed by atoms with Crippen LogP contribution in [0.3, 0.4) is 0 Å². The molecule has 8 nitrogen and oxygen atoms in total. The zero-order valence-corrected chi connectivity index (χ0v) is 16.8. The summed E-state index contributed by atoms with van der Waals surface area (Å²) < 4.78 is 10.9. The minimum Gasteiger partial charge on any atom is -0.493 e. The van der Waals surface area contributed by atoms with Gasteiger partial charge in [-0.25, -0.2) is 0 Å². The van der Waals surface area contributed by atoms with Gasteiger partial charge in [-0.05, 0) is 36.2 Å². The molecule has 8 heteroatoms. The largest absolute Gasteiger partial charge is 0.493 e. The first-order valence-electron chi connectivity index (χ1n) is 9.30. The normalized spacial score (nSPS) is 10.0. The van der Waals surface area contributed by atoms with Crippen LogP contribution in [0.15, 0.2) is 55.1 Å². The monoisotopic (exact) mass is 411 g/mol. The molecule has 0 aliphatic heterocycles. The molecule has 4 N–H and O–H groups in total. The molecule has 0 saturated carbocycles. The van der Waals surface area contributed by atoms with E-state index < -0.39 is 17.7 Å². The highest BCUT2D eigenvalue weighted by Gasteiger charge is 2.14. The van der Waals surface area contributed by atoms with Gasteiger partial charge in [0.15, 0.2) is 18.1 Å². The van der Waals surface area contributed by atoms with Gasteiger partial charge in [-0.2, -0.15) is 0 Å². The molecule has 0 radical (unpaired) electrons. The molecule has 0 atom stereocenters. The van der Waals surface area contributed by atoms with Gasteiger partial charge in [0.2, 0.25) is 5.91 Å². The number of benzene rings is 2. The summed E-state index contributed by atoms with van der Waals surface area (Å²) in [5.41, 5.74) is 6.67. The van der Waals surface area contributed by atoms with Gasteiger partial charge in [-0.1, -0.05) is 24.3 Å². The third-order valence-electron chi connectivity index (χ3n) is 4.07. The lowest BCUT2D eigenvalue weighted by Crippen LogP contribution is -2.29. The fraction of sp³-hybridized carbons (Fsp3) is 0.227. The Morgan fingerprint density at radius 2 is 1.90 bits per heavy atom. The second-order valence-corrected chi connectivity index (χ2v) is 6.33. The summed E-state index contributed by atoms with van der Waals surface area (Å²) in [5.74, 6) is -0.437. The number of hydrogen-bond acceptors (Lipinski definition) is 5. The van der Waals surface area contributed by atoms with Crippen molar-refractivity contribution in [2.75, 3.05) is 25.6 Å². The van der Waals surface area contributed by atoms with Crippen LogP contribution in [0.5, 0.6) is 11.5 Å². The van der Waals surface area contributed by atoms with Crippen molar-refractivity contribution in [3.05, 3.63) is 66.2 Å². The van der Waals surface area contributed by atoms with E-state index in [4.69, 9.17) is 15.2 Å². The van der Waals surface area contributed by atoms with Crippen LogP contribution in [-0.4, -0.2) is 38.0 Å². The number of carbonyl (C=O) groups excluding carboxylic acids is 3. The first kappa shape index (κ1) is 22.5. The Morgan fingerprint density at radius 3 is 2.60 bits per heavy atom. The summed E-state index contributed by atoms with van der Waals surface area (Å²) in [7, 11) is 1.52. The second-order valence-electron chi connectivity index (χ2n) is 6.33. The Bertz CT molecular complexity index is 927. The van der Waals surface area contributed by atoms with E-state index in [-0.39, 0.29) is 25.1 Å². The topological polar surface area (TPSA) is 120 Å². The van der Waals surface area contributed by atoms with Gasteiger partial charge in [0.05, 0.1) is 18.4 Å². The fourth-order valence-electron chi connectivity index (χ4n) is 2.64. The average molecular weight is 411 g/mol. The number of rotatable bonds is 11. The summed E-state index contributed by atoms with van der Waals surface area (Å²) in [5, 5.41) is 5.25. The number of amides is 3. The maximum absolute atomic E-state index is 12.3. The van der Waals surface area contributed by atoms with Crippen molar-refractivity contribution in [1.29, 1.82) is 0 Å². The van der Waals surface area contributed by atoms with E-state index in [9.17, 15) is 14.4 Å². The molecule has 158 valence electrons. The van der Waals surface area contributed by atoms with Crippen molar-refractivity contribution in [3.63, 3.8) is 0 Å². The van der Waals surface area contributed by atoms with Gasteiger partial charge in [-0.15, -0.1) is 6.58 Å². The Balaban J connectivity index is 1.99. The van der Waals surface area contributed by atoms with E-state index in [0.717, 1.165) is 5.56 Å². The number of carbonyl (C=O) groups is 3. The van der Waals surface area contributed by atoms with E-state index in [1.807, 2.05) is 12.1 Å². The molecule has 0 bridgehead atoms. The van der Waals surface area contributed by atoms with E-state index in [1.54, 1.807) is 36.4 Å². The molecule has 3 amide bonds. The first-order chi connectivity index (χ1) is 14.4. The van der Waals surface area contributed by atoms with E-state index in [0.29, 0.717) is 23.6 Å². The number of para-hydroxylation sites is 1. The van der Waals surface area contributed by atoms with Gasteiger partial charge < -0.3 is 25.8 Å². The lowest BCUT2D eigenvalue weighted by Gasteiger charge is -2.13. The van der Waals surface area contributed by atoms with Gasteiger partial charge in [0, 0.05) is 13.0 Å². The lowest BCUT2D eigenvalue weighted by molar-refractivity contribution is -0.118. The van der Waals surface area contributed by atoms with Crippen molar-refractivity contribution in [2.45, 2.75) is 12.8 Å². The fourth-order valence-corrected chi connectivity index (χ4v) is 2.64. The maximum Gasteiger partial charge on any atom is 0.262 e. The number of nitrogens with two attached hydrogens (primary N) is 1. The third kappa shape index (κ3) is 6.66. The number of allylic oxidation sites excluding steroid dienone is 1. The van der Waals surface area contributed by atoms with Crippen LogP contribution in [0.25, 0.3) is 0 Å². The minimum atomic E-state index is -0.512. The van der Waals surface area contributed by atoms with Gasteiger partial charge in [0.1, 0.15) is 0 Å².